The number of benzene rings is 1. The summed E-state index contributed by atoms with van der Waals surface area (Å²) in [5, 5.41) is 9.35. The highest BCUT2D eigenvalue weighted by atomic mass is 127. The first-order valence-electron chi connectivity index (χ1n) is 5.13. The second-order valence-corrected chi connectivity index (χ2v) is 5.26. The highest BCUT2D eigenvalue weighted by Crippen LogP contribution is 2.28. The van der Waals surface area contributed by atoms with Crippen molar-refractivity contribution >= 4 is 40.1 Å². The third-order valence-corrected chi connectivity index (χ3v) is 3.67. The van der Waals surface area contributed by atoms with Crippen molar-refractivity contribution in [3.63, 3.8) is 0 Å². The monoisotopic (exact) mass is 376 g/mol. The van der Waals surface area contributed by atoms with Crippen LogP contribution in [0, 0.1) is 3.57 Å². The van der Waals surface area contributed by atoms with Crippen LogP contribution in [0.25, 0.3) is 0 Å². The van der Waals surface area contributed by atoms with E-state index < -0.39 is 5.97 Å². The Hall–Kier alpha value is -1.22. The fourth-order valence-electron chi connectivity index (χ4n) is 1.23. The van der Waals surface area contributed by atoms with Crippen molar-refractivity contribution in [2.24, 2.45) is 0 Å². The predicted octanol–water partition coefficient (Wildman–Crippen LogP) is 3.20. The maximum absolute atomic E-state index is 10.9. The highest BCUT2D eigenvalue weighted by Gasteiger charge is 2.11. The molecule has 0 aliphatic rings. The van der Waals surface area contributed by atoms with Crippen molar-refractivity contribution < 1.29 is 14.6 Å². The largest absolute Gasteiger partial charge is 0.478 e. The zero-order valence-electron chi connectivity index (χ0n) is 9.38. The zero-order chi connectivity index (χ0) is 13.1. The molecule has 0 saturated carbocycles. The van der Waals surface area contributed by atoms with Gasteiger partial charge in [-0.25, -0.2) is 4.79 Å². The van der Waals surface area contributed by atoms with Crippen LogP contribution in [0.1, 0.15) is 23.1 Å². The van der Waals surface area contributed by atoms with Gasteiger partial charge in [-0.1, -0.05) is 6.92 Å². The number of aromatic nitrogens is 2. The highest BCUT2D eigenvalue weighted by molar-refractivity contribution is 14.1. The number of aromatic carboxylic acids is 1. The summed E-state index contributed by atoms with van der Waals surface area (Å²) in [5.74, 6) is 0.219. The number of hydrogen-bond acceptors (Lipinski definition) is 5. The Kier molecular flexibility index (Phi) is 4.12. The molecule has 7 heteroatoms. The van der Waals surface area contributed by atoms with Crippen LogP contribution >= 0.6 is 34.1 Å². The number of hydrogen-bond donors (Lipinski definition) is 1. The summed E-state index contributed by atoms with van der Waals surface area (Å²) in [6.45, 7) is 1.96. The van der Waals surface area contributed by atoms with Crippen LogP contribution in [0.15, 0.2) is 18.2 Å². The number of carbonyl (C=O) groups is 1. The van der Waals surface area contributed by atoms with Gasteiger partial charge in [-0.2, -0.15) is 9.36 Å². The Morgan fingerprint density at radius 1 is 1.56 bits per heavy atom. The number of rotatable bonds is 4. The number of aryl methyl sites for hydroxylation is 1. The molecule has 18 heavy (non-hydrogen) atoms. The van der Waals surface area contributed by atoms with Gasteiger partial charge in [-0.05, 0) is 40.8 Å². The Labute approximate surface area is 121 Å². The van der Waals surface area contributed by atoms with Gasteiger partial charge >= 0.3 is 5.97 Å². The maximum atomic E-state index is 10.9. The number of nitrogens with zero attached hydrogens (tertiary/aromatic N) is 2. The topological polar surface area (TPSA) is 72.3 Å². The van der Waals surface area contributed by atoms with Gasteiger partial charge in [-0.3, -0.25) is 0 Å². The van der Waals surface area contributed by atoms with Crippen LogP contribution in [-0.4, -0.2) is 20.4 Å². The molecule has 0 fully saturated rings. The average molecular weight is 376 g/mol. The molecule has 0 radical (unpaired) electrons. The second-order valence-electron chi connectivity index (χ2n) is 3.38. The smallest absolute Gasteiger partial charge is 0.335 e. The van der Waals surface area contributed by atoms with Gasteiger partial charge < -0.3 is 9.84 Å². The van der Waals surface area contributed by atoms with Crippen LogP contribution in [0.3, 0.4) is 0 Å². The lowest BCUT2D eigenvalue weighted by Crippen LogP contribution is -1.97. The van der Waals surface area contributed by atoms with Gasteiger partial charge in [0.15, 0.2) is 0 Å². The van der Waals surface area contributed by atoms with Crippen molar-refractivity contribution in [1.82, 2.24) is 9.36 Å². The third kappa shape index (κ3) is 2.96. The fraction of sp³-hybridized carbons (Fsp3) is 0.182. The van der Waals surface area contributed by atoms with Crippen molar-refractivity contribution in [1.29, 1.82) is 0 Å². The Bertz CT molecular complexity index is 585. The van der Waals surface area contributed by atoms with Crippen molar-refractivity contribution in [3.8, 4) is 10.9 Å². The molecule has 1 aromatic carbocycles. The molecule has 0 aliphatic carbocycles. The quantitative estimate of drug-likeness (QED) is 0.830. The summed E-state index contributed by atoms with van der Waals surface area (Å²) in [6, 6.07) is 4.72. The number of carboxylic acids is 1. The molecule has 94 valence electrons. The summed E-state index contributed by atoms with van der Waals surface area (Å²) in [5.41, 5.74) is 0.186. The second kappa shape index (κ2) is 5.61. The normalized spacial score (nSPS) is 10.3. The Morgan fingerprint density at radius 3 is 2.94 bits per heavy atom. The summed E-state index contributed by atoms with van der Waals surface area (Å²) >= 11 is 3.24. The van der Waals surface area contributed by atoms with Gasteiger partial charge in [-0.15, -0.1) is 0 Å². The van der Waals surface area contributed by atoms with Crippen molar-refractivity contribution in [2.75, 3.05) is 0 Å². The third-order valence-electron chi connectivity index (χ3n) is 2.14. The summed E-state index contributed by atoms with van der Waals surface area (Å²) in [7, 11) is 0. The van der Waals surface area contributed by atoms with Crippen LogP contribution in [-0.2, 0) is 6.42 Å². The Balaban J connectivity index is 2.27. The number of carboxylic acid groups (broad SMARTS) is 1. The van der Waals surface area contributed by atoms with Gasteiger partial charge in [0, 0.05) is 18.0 Å². The first-order valence-corrected chi connectivity index (χ1v) is 6.98. The lowest BCUT2D eigenvalue weighted by molar-refractivity contribution is 0.0696. The molecule has 1 N–H and O–H groups in total. The average Bonchev–Trinajstić information content (AvgIpc) is 2.79. The molecular formula is C11H9IN2O3S. The first-order chi connectivity index (χ1) is 8.60. The Morgan fingerprint density at radius 2 is 2.33 bits per heavy atom. The molecule has 0 spiro atoms. The van der Waals surface area contributed by atoms with E-state index >= 15 is 0 Å². The SMILES string of the molecule is CCc1nsc(Oc2cc(C(=O)O)ccc2I)n1. The summed E-state index contributed by atoms with van der Waals surface area (Å²) in [4.78, 5) is 15.1. The van der Waals surface area contributed by atoms with E-state index in [1.165, 1.54) is 12.1 Å². The minimum Gasteiger partial charge on any atom is -0.478 e. The molecule has 0 aliphatic heterocycles. The fourth-order valence-corrected chi connectivity index (χ4v) is 2.30. The van der Waals surface area contributed by atoms with E-state index in [9.17, 15) is 4.79 Å². The van der Waals surface area contributed by atoms with Gasteiger partial charge in [0.25, 0.3) is 5.19 Å². The molecule has 0 amide bonds. The summed E-state index contributed by atoms with van der Waals surface area (Å²) < 4.78 is 10.5. The maximum Gasteiger partial charge on any atom is 0.335 e. The molecule has 0 atom stereocenters. The van der Waals surface area contributed by atoms with Crippen LogP contribution < -0.4 is 4.74 Å². The van der Waals surface area contributed by atoms with Gasteiger partial charge in [0.2, 0.25) is 0 Å². The lowest BCUT2D eigenvalue weighted by atomic mass is 10.2. The first kappa shape index (κ1) is 13.2. The predicted molar refractivity (Wildman–Crippen MR) is 75.5 cm³/mol. The van der Waals surface area contributed by atoms with Crippen LogP contribution in [0.2, 0.25) is 0 Å². The van der Waals surface area contributed by atoms with E-state index in [-0.39, 0.29) is 5.56 Å². The molecule has 2 rings (SSSR count). The van der Waals surface area contributed by atoms with E-state index in [4.69, 9.17) is 9.84 Å². The van der Waals surface area contributed by atoms with Crippen molar-refractivity contribution in [2.45, 2.75) is 13.3 Å². The molecule has 2 aromatic rings. The van der Waals surface area contributed by atoms with E-state index in [0.717, 1.165) is 27.3 Å². The van der Waals surface area contributed by atoms with Crippen molar-refractivity contribution in [3.05, 3.63) is 33.2 Å². The van der Waals surface area contributed by atoms with Crippen LogP contribution in [0.5, 0.6) is 10.9 Å². The zero-order valence-corrected chi connectivity index (χ0v) is 12.4. The van der Waals surface area contributed by atoms with E-state index in [1.807, 2.05) is 6.92 Å². The molecule has 0 bridgehead atoms. The van der Waals surface area contributed by atoms with E-state index in [1.54, 1.807) is 6.07 Å². The summed E-state index contributed by atoms with van der Waals surface area (Å²) in [6.07, 6.45) is 0.742. The molecule has 1 heterocycles. The van der Waals surface area contributed by atoms with Crippen LogP contribution in [0.4, 0.5) is 0 Å². The molecule has 1 aromatic heterocycles. The molecule has 5 nitrogen and oxygen atoms in total. The lowest BCUT2D eigenvalue weighted by Gasteiger charge is -2.04. The van der Waals surface area contributed by atoms with Gasteiger partial charge in [0.05, 0.1) is 9.13 Å². The van der Waals surface area contributed by atoms with E-state index in [2.05, 4.69) is 31.9 Å². The number of ether oxygens (including phenoxy) is 1. The standard InChI is InChI=1S/C11H9IN2O3S/c1-2-9-13-11(18-14-9)17-8-5-6(10(15)16)3-4-7(8)12/h3-5H,2H2,1H3,(H,15,16). The molecule has 0 saturated heterocycles. The number of halogens is 1. The minimum absolute atomic E-state index is 0.186. The van der Waals surface area contributed by atoms with Gasteiger partial charge in [0.1, 0.15) is 11.6 Å². The molecule has 0 unspecified atom stereocenters. The van der Waals surface area contributed by atoms with E-state index in [0.29, 0.717) is 10.9 Å². The molecular weight excluding hydrogens is 367 g/mol. The minimum atomic E-state index is -0.984.